The average Bonchev–Trinajstić information content (AvgIpc) is 3.83. The number of piperazine rings is 1. The molecule has 12 heteroatoms. The second-order valence-electron chi connectivity index (χ2n) is 11.4. The van der Waals surface area contributed by atoms with Crippen LogP contribution in [0.15, 0.2) is 66.1 Å². The molecule has 2 fully saturated rings. The highest BCUT2D eigenvalue weighted by molar-refractivity contribution is 6.34. The molecule has 10 nitrogen and oxygen atoms in total. The third kappa shape index (κ3) is 4.91. The Kier molecular flexibility index (Phi) is 7.27. The fourth-order valence-corrected chi connectivity index (χ4v) is 6.47. The molecule has 230 valence electrons. The molecule has 1 saturated heterocycles. The zero-order valence-electron chi connectivity index (χ0n) is 24.7. The quantitative estimate of drug-likeness (QED) is 0.229. The van der Waals surface area contributed by atoms with Crippen LogP contribution in [0.5, 0.6) is 11.5 Å². The van der Waals surface area contributed by atoms with Gasteiger partial charge in [-0.1, -0.05) is 38.1 Å². The van der Waals surface area contributed by atoms with Gasteiger partial charge in [0.05, 0.1) is 39.4 Å². The molecule has 1 aromatic carbocycles. The number of carbonyl (C=O) groups excluding carboxylic acids is 1. The van der Waals surface area contributed by atoms with Gasteiger partial charge >= 0.3 is 5.69 Å². The molecule has 1 aliphatic carbocycles. The summed E-state index contributed by atoms with van der Waals surface area (Å²) >= 11 is 6.91. The van der Waals surface area contributed by atoms with Crippen LogP contribution in [0.4, 0.5) is 10.2 Å². The first kappa shape index (κ1) is 29.0. The third-order valence-corrected chi connectivity index (χ3v) is 8.66. The van der Waals surface area contributed by atoms with Gasteiger partial charge in [-0.25, -0.2) is 18.7 Å². The van der Waals surface area contributed by atoms with Gasteiger partial charge in [0.2, 0.25) is 5.91 Å². The molecule has 0 N–H and O–H groups in total. The number of aromatic nitrogens is 4. The zero-order chi connectivity index (χ0) is 31.4. The van der Waals surface area contributed by atoms with Gasteiger partial charge in [0.25, 0.3) is 0 Å². The van der Waals surface area contributed by atoms with Crippen LogP contribution in [-0.2, 0) is 4.79 Å². The van der Waals surface area contributed by atoms with Crippen LogP contribution in [0.2, 0.25) is 5.02 Å². The Balaban J connectivity index is 1.53. The number of rotatable bonds is 3. The molecule has 3 aromatic heterocycles. The zero-order valence-corrected chi connectivity index (χ0v) is 25.5. The van der Waals surface area contributed by atoms with Gasteiger partial charge in [-0.05, 0) is 48.8 Å². The van der Waals surface area contributed by atoms with E-state index in [-0.39, 0.29) is 64.8 Å². The van der Waals surface area contributed by atoms with Crippen molar-refractivity contribution in [1.29, 1.82) is 0 Å². The number of hydrogen-bond acceptors (Lipinski definition) is 8. The maximum absolute atomic E-state index is 15.6. The van der Waals surface area contributed by atoms with E-state index in [1.807, 2.05) is 18.7 Å². The first-order chi connectivity index (χ1) is 21.8. The summed E-state index contributed by atoms with van der Waals surface area (Å²) in [5.74, 6) is 0.275. The summed E-state index contributed by atoms with van der Waals surface area (Å²) in [6.07, 6.45) is 7.24. The van der Waals surface area contributed by atoms with E-state index in [1.54, 1.807) is 47.5 Å². The SMILES string of the molecule is C=CC(=O)N1CCN(c2nc(=O)n3c4nc(c(Cl)cc24)-c2c(F)cccc2OC/C=C\COc2ccnc(C(C)C)c2-3)[C@@H]2C[C@@H]21. The lowest BCUT2D eigenvalue weighted by atomic mass is 10.1. The number of pyridine rings is 2. The Morgan fingerprint density at radius 3 is 2.64 bits per heavy atom. The number of ether oxygens (including phenoxy) is 2. The first-order valence-electron chi connectivity index (χ1n) is 14.8. The second-order valence-corrected chi connectivity index (χ2v) is 11.9. The molecule has 5 heterocycles. The molecule has 2 atom stereocenters. The number of benzene rings is 1. The number of hydrogen-bond donors (Lipinski definition) is 0. The number of halogens is 2. The molecule has 1 amide bonds. The fourth-order valence-electron chi connectivity index (χ4n) is 6.22. The molecule has 2 aliphatic heterocycles. The van der Waals surface area contributed by atoms with Gasteiger partial charge in [-0.3, -0.25) is 9.78 Å². The monoisotopic (exact) mass is 628 g/mol. The van der Waals surface area contributed by atoms with Gasteiger partial charge in [-0.2, -0.15) is 4.98 Å². The van der Waals surface area contributed by atoms with Crippen molar-refractivity contribution in [3.05, 3.63) is 88.4 Å². The topological polar surface area (TPSA) is 103 Å². The number of fused-ring (bicyclic) bond motifs is 6. The van der Waals surface area contributed by atoms with E-state index in [1.165, 1.54) is 16.7 Å². The molecule has 1 saturated carbocycles. The van der Waals surface area contributed by atoms with Crippen LogP contribution in [0, 0.1) is 5.82 Å². The highest BCUT2D eigenvalue weighted by Gasteiger charge is 2.51. The van der Waals surface area contributed by atoms with E-state index >= 15 is 4.39 Å². The van der Waals surface area contributed by atoms with Crippen molar-refractivity contribution in [3.63, 3.8) is 0 Å². The summed E-state index contributed by atoms with van der Waals surface area (Å²) in [5, 5.41) is 0.653. The van der Waals surface area contributed by atoms with Crippen molar-refractivity contribution in [2.24, 2.45) is 0 Å². The van der Waals surface area contributed by atoms with Crippen molar-refractivity contribution < 1.29 is 18.7 Å². The molecular formula is C33H30ClFN6O4. The molecule has 0 unspecified atom stereocenters. The minimum atomic E-state index is -0.604. The van der Waals surface area contributed by atoms with Crippen LogP contribution >= 0.6 is 11.6 Å². The van der Waals surface area contributed by atoms with Crippen LogP contribution < -0.4 is 20.1 Å². The normalized spacial score (nSPS) is 19.6. The molecule has 4 aromatic rings. The van der Waals surface area contributed by atoms with E-state index in [0.29, 0.717) is 41.4 Å². The second kappa shape index (κ2) is 11.3. The number of carbonyl (C=O) groups is 1. The van der Waals surface area contributed by atoms with E-state index in [2.05, 4.69) is 16.5 Å². The Morgan fingerprint density at radius 2 is 1.89 bits per heavy atom. The molecule has 0 spiro atoms. The van der Waals surface area contributed by atoms with Crippen molar-refractivity contribution in [1.82, 2.24) is 24.4 Å². The Bertz CT molecular complexity index is 1960. The molecule has 3 aliphatic rings. The largest absolute Gasteiger partial charge is 0.489 e. The van der Waals surface area contributed by atoms with Gasteiger partial charge in [-0.15, -0.1) is 0 Å². The van der Waals surface area contributed by atoms with Gasteiger partial charge in [0, 0.05) is 25.4 Å². The lowest BCUT2D eigenvalue weighted by Crippen LogP contribution is -2.49. The molecule has 2 bridgehead atoms. The van der Waals surface area contributed by atoms with E-state index < -0.39 is 11.5 Å². The average molecular weight is 629 g/mol. The van der Waals surface area contributed by atoms with Crippen LogP contribution in [0.1, 0.15) is 31.9 Å². The Hall–Kier alpha value is -4.77. The molecular weight excluding hydrogens is 599 g/mol. The fraction of sp³-hybridized carbons (Fsp3) is 0.303. The summed E-state index contributed by atoms with van der Waals surface area (Å²) in [6.45, 7) is 8.81. The summed E-state index contributed by atoms with van der Waals surface area (Å²) in [5.41, 5.74) is 0.821. The summed E-state index contributed by atoms with van der Waals surface area (Å²) in [6, 6.07) is 7.83. The highest BCUT2D eigenvalue weighted by atomic mass is 35.5. The van der Waals surface area contributed by atoms with Crippen LogP contribution in [0.25, 0.3) is 28.0 Å². The summed E-state index contributed by atoms with van der Waals surface area (Å²) in [7, 11) is 0. The van der Waals surface area contributed by atoms with E-state index in [0.717, 1.165) is 6.42 Å². The Labute approximate surface area is 263 Å². The molecule has 45 heavy (non-hydrogen) atoms. The Morgan fingerprint density at radius 1 is 1.11 bits per heavy atom. The maximum atomic E-state index is 15.6. The number of amides is 1. The van der Waals surface area contributed by atoms with Crippen molar-refractivity contribution in [2.75, 3.05) is 31.2 Å². The van der Waals surface area contributed by atoms with Crippen LogP contribution in [-0.4, -0.2) is 68.7 Å². The predicted octanol–water partition coefficient (Wildman–Crippen LogP) is 5.06. The molecule has 0 radical (unpaired) electrons. The van der Waals surface area contributed by atoms with Gasteiger partial charge < -0.3 is 19.3 Å². The van der Waals surface area contributed by atoms with Crippen molar-refractivity contribution >= 4 is 34.4 Å². The van der Waals surface area contributed by atoms with E-state index in [4.69, 9.17) is 26.1 Å². The van der Waals surface area contributed by atoms with Crippen LogP contribution in [0.3, 0.4) is 0 Å². The highest BCUT2D eigenvalue weighted by Crippen LogP contribution is 2.43. The third-order valence-electron chi connectivity index (χ3n) is 8.37. The van der Waals surface area contributed by atoms with Gasteiger partial charge in [0.15, 0.2) is 5.65 Å². The van der Waals surface area contributed by atoms with Crippen molar-refractivity contribution in [2.45, 2.75) is 38.3 Å². The predicted molar refractivity (Wildman–Crippen MR) is 169 cm³/mol. The van der Waals surface area contributed by atoms with Gasteiger partial charge in [0.1, 0.15) is 42.0 Å². The summed E-state index contributed by atoms with van der Waals surface area (Å²) in [4.78, 5) is 44.7. The first-order valence-corrected chi connectivity index (χ1v) is 15.2. The number of nitrogens with zero attached hydrogens (tertiary/aromatic N) is 6. The minimum absolute atomic E-state index is 0.0196. The standard InChI is InChI=1S/C33H30ClFN6O4/c1-4-26(42)39-12-13-40(23-17-22(23)39)31-19-16-20(34)29-27-21(35)8-7-9-24(27)44-14-5-6-15-45-25-10-11-36-28(18(2)3)30(25)41(32(19)37-29)33(43)38-31/h4-11,16,18,22-23H,1,12-15,17H2,2-3H3/b6-5-/t22-,23+/m0/s1. The maximum Gasteiger partial charge on any atom is 0.356 e. The lowest BCUT2D eigenvalue weighted by molar-refractivity contribution is -0.126. The smallest absolute Gasteiger partial charge is 0.356 e. The minimum Gasteiger partial charge on any atom is -0.489 e. The lowest BCUT2D eigenvalue weighted by Gasteiger charge is -2.35. The summed E-state index contributed by atoms with van der Waals surface area (Å²) < 4.78 is 29.1. The number of anilines is 1. The molecule has 7 rings (SSSR count). The van der Waals surface area contributed by atoms with Crippen molar-refractivity contribution in [3.8, 4) is 28.4 Å². The van der Waals surface area contributed by atoms with E-state index in [9.17, 15) is 9.59 Å².